The van der Waals surface area contributed by atoms with E-state index in [1.54, 1.807) is 0 Å². The first-order valence-electron chi connectivity index (χ1n) is 5.48. The van der Waals surface area contributed by atoms with Crippen LogP contribution in [0.3, 0.4) is 0 Å². The van der Waals surface area contributed by atoms with E-state index in [-0.39, 0.29) is 24.1 Å². The zero-order chi connectivity index (χ0) is 12.1. The molecule has 4 heteroatoms. The van der Waals surface area contributed by atoms with Gasteiger partial charge in [-0.25, -0.2) is 0 Å². The van der Waals surface area contributed by atoms with Gasteiger partial charge in [-0.05, 0) is 34.2 Å². The van der Waals surface area contributed by atoms with Crippen molar-refractivity contribution in [3.63, 3.8) is 0 Å². The molecule has 90 valence electrons. The fraction of sp³-hybridized carbons (Fsp3) is 0.909. The van der Waals surface area contributed by atoms with Gasteiger partial charge < -0.3 is 10.4 Å². The summed E-state index contributed by atoms with van der Waals surface area (Å²) < 4.78 is 0. The second kappa shape index (κ2) is 6.08. The van der Waals surface area contributed by atoms with E-state index in [2.05, 4.69) is 5.32 Å². The predicted octanol–water partition coefficient (Wildman–Crippen LogP) is 0.604. The number of aliphatic hydroxyl groups is 1. The molecule has 0 aliphatic carbocycles. The highest BCUT2D eigenvalue weighted by Gasteiger charge is 2.23. The van der Waals surface area contributed by atoms with Gasteiger partial charge in [0.1, 0.15) is 0 Å². The van der Waals surface area contributed by atoms with Crippen molar-refractivity contribution >= 4 is 5.91 Å². The summed E-state index contributed by atoms with van der Waals surface area (Å²) in [5.74, 6) is 0.0119. The Kier molecular flexibility index (Phi) is 5.83. The van der Waals surface area contributed by atoms with Gasteiger partial charge in [0, 0.05) is 12.1 Å². The highest BCUT2D eigenvalue weighted by molar-refractivity contribution is 5.81. The predicted molar refractivity (Wildman–Crippen MR) is 61.7 cm³/mol. The van der Waals surface area contributed by atoms with Crippen LogP contribution in [-0.4, -0.2) is 47.2 Å². The molecule has 0 saturated heterocycles. The van der Waals surface area contributed by atoms with Crippen LogP contribution in [0.15, 0.2) is 0 Å². The SMILES string of the molecule is CCN(CCO)C(C)C(=O)NC(C)(C)C. The molecule has 2 N–H and O–H groups in total. The molecular weight excluding hydrogens is 192 g/mol. The Hall–Kier alpha value is -0.610. The van der Waals surface area contributed by atoms with E-state index in [0.717, 1.165) is 6.54 Å². The van der Waals surface area contributed by atoms with Gasteiger partial charge in [-0.3, -0.25) is 9.69 Å². The van der Waals surface area contributed by atoms with Crippen molar-refractivity contribution in [1.82, 2.24) is 10.2 Å². The van der Waals surface area contributed by atoms with Gasteiger partial charge in [-0.1, -0.05) is 6.92 Å². The van der Waals surface area contributed by atoms with Gasteiger partial charge in [-0.2, -0.15) is 0 Å². The van der Waals surface area contributed by atoms with Crippen LogP contribution < -0.4 is 5.32 Å². The third-order valence-electron chi connectivity index (χ3n) is 2.22. The lowest BCUT2D eigenvalue weighted by atomic mass is 10.1. The summed E-state index contributed by atoms with van der Waals surface area (Å²) in [6.45, 7) is 11.1. The summed E-state index contributed by atoms with van der Waals surface area (Å²) in [6, 6.07) is -0.193. The van der Waals surface area contributed by atoms with E-state index in [1.165, 1.54) is 0 Å². The van der Waals surface area contributed by atoms with E-state index >= 15 is 0 Å². The summed E-state index contributed by atoms with van der Waals surface area (Å²) in [5.41, 5.74) is -0.204. The van der Waals surface area contributed by atoms with Crippen molar-refractivity contribution < 1.29 is 9.90 Å². The Morgan fingerprint density at radius 2 is 2.00 bits per heavy atom. The Labute approximate surface area is 92.7 Å². The zero-order valence-corrected chi connectivity index (χ0v) is 10.5. The maximum atomic E-state index is 11.8. The maximum Gasteiger partial charge on any atom is 0.237 e. The third-order valence-corrected chi connectivity index (χ3v) is 2.22. The van der Waals surface area contributed by atoms with E-state index in [4.69, 9.17) is 5.11 Å². The summed E-state index contributed by atoms with van der Waals surface area (Å²) in [7, 11) is 0. The highest BCUT2D eigenvalue weighted by atomic mass is 16.3. The number of nitrogens with one attached hydrogen (secondary N) is 1. The van der Waals surface area contributed by atoms with E-state index < -0.39 is 0 Å². The first-order valence-corrected chi connectivity index (χ1v) is 5.48. The van der Waals surface area contributed by atoms with Crippen LogP contribution in [0, 0.1) is 0 Å². The standard InChI is InChI=1S/C11H24N2O2/c1-6-13(7-8-14)9(2)10(15)12-11(3,4)5/h9,14H,6-8H2,1-5H3,(H,12,15). The number of likely N-dealkylation sites (N-methyl/N-ethyl adjacent to an activating group) is 1. The van der Waals surface area contributed by atoms with E-state index in [0.29, 0.717) is 6.54 Å². The van der Waals surface area contributed by atoms with Crippen LogP contribution in [0.1, 0.15) is 34.6 Å². The van der Waals surface area contributed by atoms with Crippen LogP contribution in [-0.2, 0) is 4.79 Å². The Morgan fingerprint density at radius 3 is 2.33 bits per heavy atom. The second-order valence-corrected chi connectivity index (χ2v) is 4.77. The number of hydrogen-bond donors (Lipinski definition) is 2. The lowest BCUT2D eigenvalue weighted by molar-refractivity contribution is -0.127. The van der Waals surface area contributed by atoms with Gasteiger partial charge in [0.25, 0.3) is 0 Å². The lowest BCUT2D eigenvalue weighted by Crippen LogP contribution is -2.51. The molecule has 0 spiro atoms. The molecule has 0 saturated carbocycles. The fourth-order valence-electron chi connectivity index (χ4n) is 1.39. The van der Waals surface area contributed by atoms with Crippen LogP contribution in [0.5, 0.6) is 0 Å². The molecule has 4 nitrogen and oxygen atoms in total. The maximum absolute atomic E-state index is 11.8. The molecule has 0 radical (unpaired) electrons. The molecule has 0 aliphatic rings. The molecule has 0 aromatic rings. The highest BCUT2D eigenvalue weighted by Crippen LogP contribution is 2.03. The van der Waals surface area contributed by atoms with Crippen molar-refractivity contribution in [2.24, 2.45) is 0 Å². The van der Waals surface area contributed by atoms with Crippen molar-refractivity contribution in [3.8, 4) is 0 Å². The minimum atomic E-state index is -0.204. The van der Waals surface area contributed by atoms with Crippen molar-refractivity contribution in [2.75, 3.05) is 19.7 Å². The summed E-state index contributed by atoms with van der Waals surface area (Å²) >= 11 is 0. The fourth-order valence-corrected chi connectivity index (χ4v) is 1.39. The second-order valence-electron chi connectivity index (χ2n) is 4.77. The first-order chi connectivity index (χ1) is 6.81. The van der Waals surface area contributed by atoms with Crippen LogP contribution >= 0.6 is 0 Å². The van der Waals surface area contributed by atoms with Crippen LogP contribution in [0.25, 0.3) is 0 Å². The van der Waals surface area contributed by atoms with Gasteiger partial charge in [-0.15, -0.1) is 0 Å². The number of nitrogens with zero attached hydrogens (tertiary/aromatic N) is 1. The quantitative estimate of drug-likeness (QED) is 0.708. The number of hydrogen-bond acceptors (Lipinski definition) is 3. The molecule has 0 fully saturated rings. The Bertz CT molecular complexity index is 199. The molecule has 0 aliphatic heterocycles. The lowest BCUT2D eigenvalue weighted by Gasteiger charge is -2.29. The van der Waals surface area contributed by atoms with Crippen molar-refractivity contribution in [2.45, 2.75) is 46.2 Å². The van der Waals surface area contributed by atoms with Gasteiger partial charge in [0.15, 0.2) is 0 Å². The average Bonchev–Trinajstić information content (AvgIpc) is 2.10. The molecular formula is C11H24N2O2. The molecule has 15 heavy (non-hydrogen) atoms. The van der Waals surface area contributed by atoms with Crippen molar-refractivity contribution in [3.05, 3.63) is 0 Å². The normalized spacial score (nSPS) is 14.1. The summed E-state index contributed by atoms with van der Waals surface area (Å²) in [6.07, 6.45) is 0. The van der Waals surface area contributed by atoms with Gasteiger partial charge >= 0.3 is 0 Å². The first kappa shape index (κ1) is 14.4. The Balaban J connectivity index is 4.28. The topological polar surface area (TPSA) is 52.6 Å². The number of amides is 1. The molecule has 0 aromatic heterocycles. The van der Waals surface area contributed by atoms with E-state index in [9.17, 15) is 4.79 Å². The van der Waals surface area contributed by atoms with Crippen molar-refractivity contribution in [1.29, 1.82) is 0 Å². The van der Waals surface area contributed by atoms with Crippen LogP contribution in [0.2, 0.25) is 0 Å². The number of rotatable bonds is 5. The molecule has 0 aromatic carbocycles. The third kappa shape index (κ3) is 5.74. The number of carbonyl (C=O) groups excluding carboxylic acids is 1. The number of carbonyl (C=O) groups is 1. The summed E-state index contributed by atoms with van der Waals surface area (Å²) in [4.78, 5) is 13.7. The zero-order valence-electron chi connectivity index (χ0n) is 10.5. The van der Waals surface area contributed by atoms with Gasteiger partial charge in [0.05, 0.1) is 12.6 Å². The minimum Gasteiger partial charge on any atom is -0.395 e. The van der Waals surface area contributed by atoms with Gasteiger partial charge in [0.2, 0.25) is 5.91 Å². The summed E-state index contributed by atoms with van der Waals surface area (Å²) in [5, 5.41) is 11.8. The Morgan fingerprint density at radius 1 is 1.47 bits per heavy atom. The molecule has 1 amide bonds. The average molecular weight is 216 g/mol. The monoisotopic (exact) mass is 216 g/mol. The van der Waals surface area contributed by atoms with Crippen LogP contribution in [0.4, 0.5) is 0 Å². The molecule has 1 atom stereocenters. The number of aliphatic hydroxyl groups excluding tert-OH is 1. The minimum absolute atomic E-state index is 0.0119. The molecule has 0 rings (SSSR count). The molecule has 1 unspecified atom stereocenters. The molecule has 0 heterocycles. The van der Waals surface area contributed by atoms with E-state index in [1.807, 2.05) is 39.5 Å². The molecule has 0 bridgehead atoms. The largest absolute Gasteiger partial charge is 0.395 e. The smallest absolute Gasteiger partial charge is 0.237 e.